The van der Waals surface area contributed by atoms with Gasteiger partial charge in [0.05, 0.1) is 5.52 Å². The van der Waals surface area contributed by atoms with Gasteiger partial charge in [-0.2, -0.15) is 0 Å². The predicted octanol–water partition coefficient (Wildman–Crippen LogP) is 4.01. The Balaban J connectivity index is 2.82. The third-order valence-electron chi connectivity index (χ3n) is 2.37. The van der Waals surface area contributed by atoms with Gasteiger partial charge < -0.3 is 0 Å². The second kappa shape index (κ2) is 3.58. The second-order valence-electron chi connectivity index (χ2n) is 3.69. The average Bonchev–Trinajstić information content (AvgIpc) is 2.18. The van der Waals surface area contributed by atoms with Gasteiger partial charge in [0.2, 0.25) is 0 Å². The molecular weight excluding hydrogens is 194 g/mol. The van der Waals surface area contributed by atoms with Crippen LogP contribution in [0, 0.1) is 0 Å². The topological polar surface area (TPSA) is 12.9 Å². The molecule has 0 bridgehead atoms. The number of hydrogen-bond donors (Lipinski definition) is 0. The average molecular weight is 206 g/mol. The fourth-order valence-electron chi connectivity index (χ4n) is 1.63. The maximum absolute atomic E-state index is 6.09. The smallest absolute Gasteiger partial charge is 0.0751 e. The van der Waals surface area contributed by atoms with Gasteiger partial charge in [-0.1, -0.05) is 31.5 Å². The van der Waals surface area contributed by atoms with Crippen LogP contribution < -0.4 is 0 Å². The Labute approximate surface area is 88.7 Å². The molecule has 0 unspecified atom stereocenters. The molecule has 0 radical (unpaired) electrons. The molecule has 2 heteroatoms. The van der Waals surface area contributed by atoms with Gasteiger partial charge in [-0.3, -0.25) is 4.98 Å². The maximum atomic E-state index is 6.09. The monoisotopic (exact) mass is 205 g/mol. The van der Waals surface area contributed by atoms with Crippen molar-refractivity contribution in [2.75, 3.05) is 0 Å². The van der Waals surface area contributed by atoms with E-state index in [1.807, 2.05) is 24.4 Å². The highest BCUT2D eigenvalue weighted by Crippen LogP contribution is 2.28. The van der Waals surface area contributed by atoms with Gasteiger partial charge in [0.15, 0.2) is 0 Å². The first kappa shape index (κ1) is 9.47. The van der Waals surface area contributed by atoms with Crippen molar-refractivity contribution in [2.45, 2.75) is 19.8 Å². The lowest BCUT2D eigenvalue weighted by atomic mass is 10.00. The minimum atomic E-state index is 0.477. The second-order valence-corrected chi connectivity index (χ2v) is 4.10. The third kappa shape index (κ3) is 1.48. The van der Waals surface area contributed by atoms with Gasteiger partial charge in [0, 0.05) is 16.6 Å². The minimum absolute atomic E-state index is 0.477. The summed E-state index contributed by atoms with van der Waals surface area (Å²) in [7, 11) is 0. The molecule has 1 aromatic carbocycles. The molecule has 2 rings (SSSR count). The summed E-state index contributed by atoms with van der Waals surface area (Å²) in [4.78, 5) is 4.38. The highest BCUT2D eigenvalue weighted by Gasteiger charge is 2.07. The van der Waals surface area contributed by atoms with Gasteiger partial charge >= 0.3 is 0 Å². The zero-order valence-corrected chi connectivity index (χ0v) is 9.05. The largest absolute Gasteiger partial charge is 0.256 e. The predicted molar refractivity (Wildman–Crippen MR) is 60.8 cm³/mol. The molecular formula is C12H12ClN. The first-order chi connectivity index (χ1) is 6.70. The van der Waals surface area contributed by atoms with Gasteiger partial charge in [0.1, 0.15) is 0 Å². The van der Waals surface area contributed by atoms with Gasteiger partial charge in [-0.05, 0) is 29.7 Å². The molecule has 0 spiro atoms. The first-order valence-corrected chi connectivity index (χ1v) is 5.11. The van der Waals surface area contributed by atoms with E-state index in [0.717, 1.165) is 15.9 Å². The van der Waals surface area contributed by atoms with Crippen LogP contribution in [0.15, 0.2) is 30.5 Å². The normalized spacial score (nSPS) is 11.1. The van der Waals surface area contributed by atoms with Crippen LogP contribution in [0.5, 0.6) is 0 Å². The van der Waals surface area contributed by atoms with E-state index >= 15 is 0 Å². The summed E-state index contributed by atoms with van der Waals surface area (Å²) in [5.74, 6) is 0.477. The molecule has 0 amide bonds. The molecule has 0 N–H and O–H groups in total. The lowest BCUT2D eigenvalue weighted by molar-refractivity contribution is 0.873. The Bertz CT molecular complexity index is 463. The van der Waals surface area contributed by atoms with Crippen LogP contribution in [0.25, 0.3) is 10.9 Å². The van der Waals surface area contributed by atoms with Crippen molar-refractivity contribution in [3.05, 3.63) is 41.0 Å². The van der Waals surface area contributed by atoms with Crippen LogP contribution in [0.4, 0.5) is 0 Å². The van der Waals surface area contributed by atoms with E-state index in [1.54, 1.807) is 0 Å². The molecule has 0 fully saturated rings. The Morgan fingerprint density at radius 3 is 2.71 bits per heavy atom. The summed E-state index contributed by atoms with van der Waals surface area (Å²) in [6.07, 6.45) is 1.81. The van der Waals surface area contributed by atoms with Crippen molar-refractivity contribution in [1.29, 1.82) is 0 Å². The molecule has 0 saturated carbocycles. The van der Waals surface area contributed by atoms with E-state index in [-0.39, 0.29) is 0 Å². The Morgan fingerprint density at radius 2 is 2.00 bits per heavy atom. The van der Waals surface area contributed by atoms with E-state index in [4.69, 9.17) is 11.6 Å². The van der Waals surface area contributed by atoms with Crippen LogP contribution in [0.3, 0.4) is 0 Å². The molecule has 72 valence electrons. The van der Waals surface area contributed by atoms with Gasteiger partial charge in [-0.25, -0.2) is 0 Å². The van der Waals surface area contributed by atoms with Crippen LogP contribution in [-0.2, 0) is 0 Å². The molecule has 0 atom stereocenters. The fraction of sp³-hybridized carbons (Fsp3) is 0.250. The lowest BCUT2D eigenvalue weighted by Gasteiger charge is -2.09. The van der Waals surface area contributed by atoms with E-state index in [2.05, 4.69) is 24.9 Å². The summed E-state index contributed by atoms with van der Waals surface area (Å²) >= 11 is 6.09. The fourth-order valence-corrected chi connectivity index (χ4v) is 1.84. The lowest BCUT2D eigenvalue weighted by Crippen LogP contribution is -1.91. The molecule has 14 heavy (non-hydrogen) atoms. The molecule has 1 aromatic heterocycles. The molecule has 1 nitrogen and oxygen atoms in total. The van der Waals surface area contributed by atoms with Crippen molar-refractivity contribution >= 4 is 22.5 Å². The number of halogens is 1. The number of rotatable bonds is 1. The molecule has 0 aliphatic rings. The molecule has 0 saturated heterocycles. The quantitative estimate of drug-likeness (QED) is 0.686. The van der Waals surface area contributed by atoms with Crippen molar-refractivity contribution in [3.63, 3.8) is 0 Å². The van der Waals surface area contributed by atoms with E-state index < -0.39 is 0 Å². The van der Waals surface area contributed by atoms with Crippen molar-refractivity contribution in [1.82, 2.24) is 4.98 Å². The van der Waals surface area contributed by atoms with Gasteiger partial charge in [-0.15, -0.1) is 0 Å². The van der Waals surface area contributed by atoms with Gasteiger partial charge in [0.25, 0.3) is 0 Å². The summed E-state index contributed by atoms with van der Waals surface area (Å²) in [5, 5.41) is 1.82. The van der Waals surface area contributed by atoms with Crippen LogP contribution in [0.1, 0.15) is 25.3 Å². The number of aromatic nitrogens is 1. The highest BCUT2D eigenvalue weighted by molar-refractivity contribution is 6.35. The Kier molecular flexibility index (Phi) is 2.42. The van der Waals surface area contributed by atoms with Crippen LogP contribution in [-0.4, -0.2) is 4.98 Å². The molecule has 1 heterocycles. The first-order valence-electron chi connectivity index (χ1n) is 4.73. The summed E-state index contributed by atoms with van der Waals surface area (Å²) in [5.41, 5.74) is 2.28. The van der Waals surface area contributed by atoms with Crippen molar-refractivity contribution in [2.24, 2.45) is 0 Å². The Morgan fingerprint density at radius 1 is 1.21 bits per heavy atom. The third-order valence-corrected chi connectivity index (χ3v) is 2.70. The van der Waals surface area contributed by atoms with Crippen LogP contribution in [0.2, 0.25) is 5.02 Å². The summed E-state index contributed by atoms with van der Waals surface area (Å²) < 4.78 is 0. The van der Waals surface area contributed by atoms with Crippen LogP contribution >= 0.6 is 11.6 Å². The maximum Gasteiger partial charge on any atom is 0.0751 e. The Hall–Kier alpha value is -1.08. The zero-order chi connectivity index (χ0) is 10.1. The number of benzene rings is 1. The van der Waals surface area contributed by atoms with E-state index in [0.29, 0.717) is 5.92 Å². The summed E-state index contributed by atoms with van der Waals surface area (Å²) in [6, 6.07) is 7.93. The van der Waals surface area contributed by atoms with Crippen molar-refractivity contribution in [3.8, 4) is 0 Å². The zero-order valence-electron chi connectivity index (χ0n) is 8.29. The van der Waals surface area contributed by atoms with E-state index in [1.165, 1.54) is 5.56 Å². The highest BCUT2D eigenvalue weighted by atomic mass is 35.5. The summed E-state index contributed by atoms with van der Waals surface area (Å²) in [6.45, 7) is 4.33. The molecule has 2 aromatic rings. The minimum Gasteiger partial charge on any atom is -0.256 e. The number of pyridine rings is 1. The van der Waals surface area contributed by atoms with E-state index in [9.17, 15) is 0 Å². The molecule has 0 aliphatic carbocycles. The standard InChI is InChI=1S/C12H12ClN/c1-8(2)9-5-6-11(13)10-4-3-7-14-12(9)10/h3-8H,1-2H3. The number of hydrogen-bond acceptors (Lipinski definition) is 1. The SMILES string of the molecule is CC(C)c1ccc(Cl)c2cccnc12. The van der Waals surface area contributed by atoms with Crippen molar-refractivity contribution < 1.29 is 0 Å². The molecule has 0 aliphatic heterocycles. The number of fused-ring (bicyclic) bond motifs is 1. The number of nitrogens with zero attached hydrogens (tertiary/aromatic N) is 1.